The summed E-state index contributed by atoms with van der Waals surface area (Å²) in [6.07, 6.45) is 0. The molecule has 1 N–H and O–H groups in total. The molecule has 3 rings (SSSR count). The lowest BCUT2D eigenvalue weighted by Crippen LogP contribution is -2.50. The van der Waals surface area contributed by atoms with Gasteiger partial charge in [0.05, 0.1) is 24.5 Å². The number of ether oxygens (including phenoxy) is 1. The summed E-state index contributed by atoms with van der Waals surface area (Å²) in [5, 5.41) is 7.45. The van der Waals surface area contributed by atoms with Crippen molar-refractivity contribution in [3.8, 4) is 5.69 Å². The molecule has 1 aliphatic rings. The fourth-order valence-electron chi connectivity index (χ4n) is 4.42. The van der Waals surface area contributed by atoms with Crippen LogP contribution in [-0.4, -0.2) is 83.0 Å². The van der Waals surface area contributed by atoms with Crippen molar-refractivity contribution in [2.75, 3.05) is 44.2 Å². The van der Waals surface area contributed by atoms with Gasteiger partial charge in [-0.05, 0) is 59.7 Å². The topological polar surface area (TPSA) is 82.9 Å². The SMILES string of the molecule is CCOC(=O)CNC(=O)N(Cc1c(C)nn(-c2cccc(F)c2)c1N1CCN(C(C)C)CC1)C(C)C. The zero-order valence-corrected chi connectivity index (χ0v) is 22.3. The van der Waals surface area contributed by atoms with Gasteiger partial charge in [-0.2, -0.15) is 5.10 Å². The number of esters is 1. The van der Waals surface area contributed by atoms with Crippen molar-refractivity contribution in [2.24, 2.45) is 0 Å². The molecule has 9 nitrogen and oxygen atoms in total. The normalized spacial score (nSPS) is 14.4. The number of benzene rings is 1. The Labute approximate surface area is 213 Å². The summed E-state index contributed by atoms with van der Waals surface area (Å²) in [4.78, 5) is 31.2. The molecule has 36 heavy (non-hydrogen) atoms. The van der Waals surface area contributed by atoms with Gasteiger partial charge in [-0.1, -0.05) is 6.07 Å². The van der Waals surface area contributed by atoms with Crippen LogP contribution in [-0.2, 0) is 16.1 Å². The van der Waals surface area contributed by atoms with Gasteiger partial charge in [0.15, 0.2) is 0 Å². The summed E-state index contributed by atoms with van der Waals surface area (Å²) in [6, 6.07) is 6.36. The molecule has 0 spiro atoms. The van der Waals surface area contributed by atoms with E-state index >= 15 is 0 Å². The summed E-state index contributed by atoms with van der Waals surface area (Å²) in [5.41, 5.74) is 2.30. The second-order valence-electron chi connectivity index (χ2n) is 9.58. The predicted octanol–water partition coefficient (Wildman–Crippen LogP) is 3.33. The molecule has 0 saturated carbocycles. The number of amides is 2. The maximum atomic E-state index is 14.1. The zero-order chi connectivity index (χ0) is 26.4. The minimum atomic E-state index is -0.478. The Morgan fingerprint density at radius 3 is 2.44 bits per heavy atom. The fraction of sp³-hybridized carbons (Fsp3) is 0.577. The van der Waals surface area contributed by atoms with Gasteiger partial charge < -0.3 is 19.9 Å². The van der Waals surface area contributed by atoms with Crippen LogP contribution in [0.25, 0.3) is 5.69 Å². The smallest absolute Gasteiger partial charge is 0.325 e. The lowest BCUT2D eigenvalue weighted by Gasteiger charge is -2.39. The van der Waals surface area contributed by atoms with Crippen molar-refractivity contribution in [3.63, 3.8) is 0 Å². The van der Waals surface area contributed by atoms with Crippen LogP contribution < -0.4 is 10.2 Å². The average Bonchev–Trinajstić information content (AvgIpc) is 3.16. The summed E-state index contributed by atoms with van der Waals surface area (Å²) in [6.45, 7) is 15.6. The minimum absolute atomic E-state index is 0.130. The highest BCUT2D eigenvalue weighted by Crippen LogP contribution is 2.30. The number of hydrogen-bond acceptors (Lipinski definition) is 6. The summed E-state index contributed by atoms with van der Waals surface area (Å²) in [5.74, 6) is 0.0543. The van der Waals surface area contributed by atoms with E-state index in [2.05, 4.69) is 29.0 Å². The van der Waals surface area contributed by atoms with Gasteiger partial charge in [-0.3, -0.25) is 9.69 Å². The Balaban J connectivity index is 1.95. The van der Waals surface area contributed by atoms with Crippen LogP contribution in [0.2, 0.25) is 0 Å². The van der Waals surface area contributed by atoms with Gasteiger partial charge in [-0.15, -0.1) is 0 Å². The number of hydrogen-bond donors (Lipinski definition) is 1. The van der Waals surface area contributed by atoms with Crippen LogP contribution in [0.1, 0.15) is 45.9 Å². The van der Waals surface area contributed by atoms with Crippen LogP contribution >= 0.6 is 0 Å². The molecule has 10 heteroatoms. The monoisotopic (exact) mass is 502 g/mol. The van der Waals surface area contributed by atoms with Gasteiger partial charge in [0.1, 0.15) is 18.2 Å². The van der Waals surface area contributed by atoms with E-state index in [1.165, 1.54) is 12.1 Å². The maximum absolute atomic E-state index is 14.1. The van der Waals surface area contributed by atoms with Crippen LogP contribution in [0.3, 0.4) is 0 Å². The lowest BCUT2D eigenvalue weighted by molar-refractivity contribution is -0.141. The van der Waals surface area contributed by atoms with Crippen molar-refractivity contribution in [1.29, 1.82) is 0 Å². The standard InChI is InChI=1S/C26H39FN6O3/c1-7-36-24(34)16-28-26(35)32(19(4)5)17-23-20(6)29-33(22-10-8-9-21(27)15-22)25(23)31-13-11-30(12-14-31)18(2)3/h8-10,15,18-19H,7,11-14,16-17H2,1-6H3,(H,28,35). The van der Waals surface area contributed by atoms with E-state index in [0.29, 0.717) is 18.3 Å². The lowest BCUT2D eigenvalue weighted by atomic mass is 10.1. The molecule has 198 valence electrons. The third-order valence-electron chi connectivity index (χ3n) is 6.46. The number of aryl methyl sites for hydroxylation is 1. The van der Waals surface area contributed by atoms with E-state index in [0.717, 1.165) is 43.3 Å². The van der Waals surface area contributed by atoms with Crippen molar-refractivity contribution < 1.29 is 18.7 Å². The summed E-state index contributed by atoms with van der Waals surface area (Å²) < 4.78 is 20.9. The van der Waals surface area contributed by atoms with Crippen molar-refractivity contribution in [1.82, 2.24) is 24.9 Å². The van der Waals surface area contributed by atoms with Gasteiger partial charge in [-0.25, -0.2) is 13.9 Å². The van der Waals surface area contributed by atoms with Crippen LogP contribution in [0.4, 0.5) is 15.0 Å². The molecule has 2 aromatic rings. The van der Waals surface area contributed by atoms with Gasteiger partial charge >= 0.3 is 12.0 Å². The Hall–Kier alpha value is -3.14. The van der Waals surface area contributed by atoms with Crippen LogP contribution in [0.5, 0.6) is 0 Å². The van der Waals surface area contributed by atoms with Crippen molar-refractivity contribution in [2.45, 2.75) is 60.2 Å². The number of nitrogens with one attached hydrogen (secondary N) is 1. The first-order chi connectivity index (χ1) is 17.1. The first-order valence-corrected chi connectivity index (χ1v) is 12.7. The molecule has 1 aliphatic heterocycles. The van der Waals surface area contributed by atoms with E-state index in [1.807, 2.05) is 26.8 Å². The molecule has 0 bridgehead atoms. The number of carbonyl (C=O) groups is 2. The highest BCUT2D eigenvalue weighted by atomic mass is 19.1. The number of halogens is 1. The largest absolute Gasteiger partial charge is 0.465 e. The molecule has 2 amide bonds. The van der Waals surface area contributed by atoms with E-state index in [-0.39, 0.29) is 31.0 Å². The molecule has 1 aromatic carbocycles. The number of carbonyl (C=O) groups excluding carboxylic acids is 2. The molecule has 0 radical (unpaired) electrons. The Bertz CT molecular complexity index is 1050. The first kappa shape index (κ1) is 27.4. The highest BCUT2D eigenvalue weighted by Gasteiger charge is 2.29. The molecule has 0 unspecified atom stereocenters. The van der Waals surface area contributed by atoms with Gasteiger partial charge in [0.2, 0.25) is 0 Å². The molecule has 1 aromatic heterocycles. The van der Waals surface area contributed by atoms with Crippen LogP contribution in [0.15, 0.2) is 24.3 Å². The maximum Gasteiger partial charge on any atom is 0.325 e. The molecule has 1 fully saturated rings. The Morgan fingerprint density at radius 1 is 1.17 bits per heavy atom. The quantitative estimate of drug-likeness (QED) is 0.530. The Morgan fingerprint density at radius 2 is 1.86 bits per heavy atom. The predicted molar refractivity (Wildman–Crippen MR) is 138 cm³/mol. The first-order valence-electron chi connectivity index (χ1n) is 12.7. The number of rotatable bonds is 9. The molecular formula is C26H39FN6O3. The van der Waals surface area contributed by atoms with E-state index < -0.39 is 5.97 Å². The molecule has 1 saturated heterocycles. The molecule has 0 atom stereocenters. The third kappa shape index (κ3) is 6.54. The van der Waals surface area contributed by atoms with E-state index in [4.69, 9.17) is 9.84 Å². The van der Waals surface area contributed by atoms with E-state index in [1.54, 1.807) is 22.6 Å². The van der Waals surface area contributed by atoms with Crippen LogP contribution in [0, 0.1) is 12.7 Å². The zero-order valence-electron chi connectivity index (χ0n) is 22.3. The molecule has 0 aliphatic carbocycles. The number of urea groups is 1. The average molecular weight is 503 g/mol. The highest BCUT2D eigenvalue weighted by molar-refractivity contribution is 5.81. The second kappa shape index (κ2) is 12.2. The van der Waals surface area contributed by atoms with Gasteiger partial charge in [0.25, 0.3) is 0 Å². The number of nitrogens with zero attached hydrogens (tertiary/aromatic N) is 5. The fourth-order valence-corrected chi connectivity index (χ4v) is 4.42. The minimum Gasteiger partial charge on any atom is -0.465 e. The van der Waals surface area contributed by atoms with Gasteiger partial charge in [0, 0.05) is 43.8 Å². The number of anilines is 1. The molecule has 2 heterocycles. The number of aromatic nitrogens is 2. The van der Waals surface area contributed by atoms with E-state index in [9.17, 15) is 14.0 Å². The van der Waals surface area contributed by atoms with Crippen molar-refractivity contribution in [3.05, 3.63) is 41.3 Å². The summed E-state index contributed by atoms with van der Waals surface area (Å²) >= 11 is 0. The second-order valence-corrected chi connectivity index (χ2v) is 9.58. The third-order valence-corrected chi connectivity index (χ3v) is 6.46. The summed E-state index contributed by atoms with van der Waals surface area (Å²) in [7, 11) is 0. The molecular weight excluding hydrogens is 463 g/mol. The number of piperazine rings is 1. The Kier molecular flexibility index (Phi) is 9.31. The van der Waals surface area contributed by atoms with Crippen molar-refractivity contribution >= 4 is 17.8 Å².